The molecule has 0 aromatic rings. The van der Waals surface area contributed by atoms with Gasteiger partial charge < -0.3 is 20.8 Å². The van der Waals surface area contributed by atoms with E-state index >= 15 is 0 Å². The van der Waals surface area contributed by atoms with Crippen LogP contribution in [-0.2, 0) is 9.59 Å². The first-order valence-electron chi connectivity index (χ1n) is 5.92. The van der Waals surface area contributed by atoms with E-state index in [0.717, 1.165) is 0 Å². The first-order valence-corrected chi connectivity index (χ1v) is 5.92. The second-order valence-corrected chi connectivity index (χ2v) is 4.55. The van der Waals surface area contributed by atoms with Crippen LogP contribution in [-0.4, -0.2) is 46.8 Å². The molecule has 1 fully saturated rings. The highest BCUT2D eigenvalue weighted by Gasteiger charge is 2.28. The highest BCUT2D eigenvalue weighted by molar-refractivity contribution is 5.82. The second kappa shape index (κ2) is 6.56. The molecule has 0 saturated carbocycles. The molecule has 6 nitrogen and oxygen atoms in total. The van der Waals surface area contributed by atoms with Crippen LogP contribution in [0, 0.1) is 0 Å². The summed E-state index contributed by atoms with van der Waals surface area (Å²) in [4.78, 5) is 22.0. The third-order valence-electron chi connectivity index (χ3n) is 2.84. The number of β-amino-alcohol motifs (C(OH)–C–C–N with tert-alkyl or cyclic N) is 1. The summed E-state index contributed by atoms with van der Waals surface area (Å²) in [5, 5.41) is 23.5. The summed E-state index contributed by atoms with van der Waals surface area (Å²) in [5.74, 6) is -0.937. The van der Waals surface area contributed by atoms with Gasteiger partial charge in [0.1, 0.15) is 0 Å². The van der Waals surface area contributed by atoms with E-state index in [4.69, 9.17) is 5.11 Å². The van der Waals surface area contributed by atoms with Gasteiger partial charge in [0.05, 0.1) is 12.1 Å². The van der Waals surface area contributed by atoms with Crippen LogP contribution >= 0.6 is 0 Å². The summed E-state index contributed by atoms with van der Waals surface area (Å²) < 4.78 is 0. The van der Waals surface area contributed by atoms with Crippen LogP contribution < -0.4 is 10.6 Å². The Kier molecular flexibility index (Phi) is 5.37. The van der Waals surface area contributed by atoms with Gasteiger partial charge in [0.2, 0.25) is 5.91 Å². The molecule has 0 aliphatic carbocycles. The Morgan fingerprint density at radius 1 is 1.53 bits per heavy atom. The molecule has 0 radical (unpaired) electrons. The minimum atomic E-state index is -0.816. The van der Waals surface area contributed by atoms with Crippen molar-refractivity contribution in [3.05, 3.63) is 0 Å². The van der Waals surface area contributed by atoms with Gasteiger partial charge >= 0.3 is 5.97 Å². The van der Waals surface area contributed by atoms with Crippen LogP contribution in [0.15, 0.2) is 0 Å². The third kappa shape index (κ3) is 5.14. The Labute approximate surface area is 100 Å². The van der Waals surface area contributed by atoms with Crippen LogP contribution in [0.25, 0.3) is 0 Å². The van der Waals surface area contributed by atoms with Crippen molar-refractivity contribution in [1.82, 2.24) is 10.6 Å². The van der Waals surface area contributed by atoms with Crippen LogP contribution in [0.1, 0.15) is 32.6 Å². The van der Waals surface area contributed by atoms with Crippen LogP contribution in [0.2, 0.25) is 0 Å². The lowest BCUT2D eigenvalue weighted by Crippen LogP contribution is -2.44. The molecule has 1 aliphatic heterocycles. The molecule has 98 valence electrons. The predicted octanol–water partition coefficient (Wildman–Crippen LogP) is -0.531. The van der Waals surface area contributed by atoms with Gasteiger partial charge in [0.15, 0.2) is 0 Å². The van der Waals surface area contributed by atoms with Crippen LogP contribution in [0.5, 0.6) is 0 Å². The molecule has 3 unspecified atom stereocenters. The predicted molar refractivity (Wildman–Crippen MR) is 61.5 cm³/mol. The number of aliphatic hydroxyl groups is 1. The standard InChI is InChI=1S/C11H20N2O4/c1-7(3-2-4-10(15)16)13-11(17)9-5-8(14)6-12-9/h7-9,12,14H,2-6H2,1H3,(H,13,17)(H,15,16). The zero-order valence-electron chi connectivity index (χ0n) is 9.98. The van der Waals surface area contributed by atoms with E-state index in [1.165, 1.54) is 0 Å². The molecule has 0 aromatic carbocycles. The number of hydrogen-bond donors (Lipinski definition) is 4. The molecule has 4 N–H and O–H groups in total. The zero-order chi connectivity index (χ0) is 12.8. The van der Waals surface area contributed by atoms with Crippen molar-refractivity contribution in [3.8, 4) is 0 Å². The Balaban J connectivity index is 2.19. The van der Waals surface area contributed by atoms with Crippen molar-refractivity contribution >= 4 is 11.9 Å². The van der Waals surface area contributed by atoms with Crippen LogP contribution in [0.4, 0.5) is 0 Å². The number of carbonyl (C=O) groups excluding carboxylic acids is 1. The molecule has 0 aromatic heterocycles. The number of aliphatic carboxylic acids is 1. The molecule has 1 saturated heterocycles. The van der Waals surface area contributed by atoms with Crippen molar-refractivity contribution in [3.63, 3.8) is 0 Å². The summed E-state index contributed by atoms with van der Waals surface area (Å²) in [5.41, 5.74) is 0. The lowest BCUT2D eigenvalue weighted by atomic mass is 10.1. The third-order valence-corrected chi connectivity index (χ3v) is 2.84. The number of rotatable bonds is 6. The fourth-order valence-corrected chi connectivity index (χ4v) is 1.89. The topological polar surface area (TPSA) is 98.7 Å². The van der Waals surface area contributed by atoms with Crippen molar-refractivity contribution in [2.75, 3.05) is 6.54 Å². The minimum absolute atomic E-state index is 0.0404. The van der Waals surface area contributed by atoms with Gasteiger partial charge in [-0.15, -0.1) is 0 Å². The van der Waals surface area contributed by atoms with E-state index in [1.54, 1.807) is 0 Å². The van der Waals surface area contributed by atoms with Crippen molar-refractivity contribution < 1.29 is 19.8 Å². The highest BCUT2D eigenvalue weighted by atomic mass is 16.4. The highest BCUT2D eigenvalue weighted by Crippen LogP contribution is 2.07. The Hall–Kier alpha value is -1.14. The first-order chi connectivity index (χ1) is 7.99. The van der Waals surface area contributed by atoms with E-state index < -0.39 is 12.1 Å². The monoisotopic (exact) mass is 244 g/mol. The molecule has 0 spiro atoms. The lowest BCUT2D eigenvalue weighted by molar-refractivity contribution is -0.137. The van der Waals surface area contributed by atoms with E-state index in [0.29, 0.717) is 25.8 Å². The summed E-state index contributed by atoms with van der Waals surface area (Å²) >= 11 is 0. The average Bonchev–Trinajstić information content (AvgIpc) is 2.64. The SMILES string of the molecule is CC(CCCC(=O)O)NC(=O)C1CC(O)CN1. The molecule has 17 heavy (non-hydrogen) atoms. The minimum Gasteiger partial charge on any atom is -0.481 e. The van der Waals surface area contributed by atoms with Crippen molar-refractivity contribution in [1.29, 1.82) is 0 Å². The van der Waals surface area contributed by atoms with Crippen molar-refractivity contribution in [2.24, 2.45) is 0 Å². The molecule has 6 heteroatoms. The maximum absolute atomic E-state index is 11.7. The molecular formula is C11H20N2O4. The maximum atomic E-state index is 11.7. The Morgan fingerprint density at radius 3 is 2.76 bits per heavy atom. The maximum Gasteiger partial charge on any atom is 0.303 e. The molecule has 1 heterocycles. The van der Waals surface area contributed by atoms with E-state index in [-0.39, 0.29) is 24.4 Å². The molecule has 1 amide bonds. The molecule has 3 atom stereocenters. The van der Waals surface area contributed by atoms with E-state index in [2.05, 4.69) is 10.6 Å². The number of amides is 1. The van der Waals surface area contributed by atoms with Gasteiger partial charge in [-0.25, -0.2) is 0 Å². The van der Waals surface area contributed by atoms with Gasteiger partial charge in [-0.3, -0.25) is 9.59 Å². The number of carboxylic acid groups (broad SMARTS) is 1. The quantitative estimate of drug-likeness (QED) is 0.503. The average molecular weight is 244 g/mol. The molecule has 1 rings (SSSR count). The zero-order valence-corrected chi connectivity index (χ0v) is 9.98. The molecule has 0 bridgehead atoms. The number of hydrogen-bond acceptors (Lipinski definition) is 4. The van der Waals surface area contributed by atoms with Gasteiger partial charge in [-0.1, -0.05) is 0 Å². The summed E-state index contributed by atoms with van der Waals surface area (Å²) in [6, 6.07) is -0.367. The summed E-state index contributed by atoms with van der Waals surface area (Å²) in [6.45, 7) is 2.30. The summed E-state index contributed by atoms with van der Waals surface area (Å²) in [7, 11) is 0. The number of nitrogens with one attached hydrogen (secondary N) is 2. The fraction of sp³-hybridized carbons (Fsp3) is 0.818. The van der Waals surface area contributed by atoms with Gasteiger partial charge in [-0.05, 0) is 26.2 Å². The van der Waals surface area contributed by atoms with E-state index in [9.17, 15) is 14.7 Å². The van der Waals surface area contributed by atoms with Gasteiger partial charge in [0.25, 0.3) is 0 Å². The number of aliphatic hydroxyl groups excluding tert-OH is 1. The lowest BCUT2D eigenvalue weighted by Gasteiger charge is -2.16. The normalized spacial score (nSPS) is 25.5. The molecular weight excluding hydrogens is 224 g/mol. The largest absolute Gasteiger partial charge is 0.481 e. The smallest absolute Gasteiger partial charge is 0.303 e. The number of carboxylic acids is 1. The molecule has 1 aliphatic rings. The number of carbonyl (C=O) groups is 2. The Morgan fingerprint density at radius 2 is 2.24 bits per heavy atom. The van der Waals surface area contributed by atoms with Gasteiger partial charge in [-0.2, -0.15) is 0 Å². The first kappa shape index (κ1) is 13.9. The Bertz CT molecular complexity index is 283. The van der Waals surface area contributed by atoms with Crippen LogP contribution in [0.3, 0.4) is 0 Å². The summed E-state index contributed by atoms with van der Waals surface area (Å²) in [6.07, 6.45) is 1.31. The fourth-order valence-electron chi connectivity index (χ4n) is 1.89. The van der Waals surface area contributed by atoms with Crippen molar-refractivity contribution in [2.45, 2.75) is 50.8 Å². The second-order valence-electron chi connectivity index (χ2n) is 4.55. The van der Waals surface area contributed by atoms with Gasteiger partial charge in [0, 0.05) is 19.0 Å². The van der Waals surface area contributed by atoms with E-state index in [1.807, 2.05) is 6.92 Å².